The quantitative estimate of drug-likeness (QED) is 0.645. The molecule has 1 aromatic carbocycles. The number of carbonyl (C=O) groups excluding carboxylic acids is 1. The highest BCUT2D eigenvalue weighted by Gasteiger charge is 2.14. The highest BCUT2D eigenvalue weighted by atomic mass is 32.2. The lowest BCUT2D eigenvalue weighted by Gasteiger charge is -2.21. The maximum Gasteiger partial charge on any atom is 0.316 e. The number of nitrogens with one attached hydrogen (secondary N) is 1. The van der Waals surface area contributed by atoms with Gasteiger partial charge in [-0.05, 0) is 39.8 Å². The molecule has 0 aliphatic carbocycles. The van der Waals surface area contributed by atoms with Gasteiger partial charge in [-0.1, -0.05) is 6.07 Å². The summed E-state index contributed by atoms with van der Waals surface area (Å²) in [6, 6.07) is 4.92. The van der Waals surface area contributed by atoms with Crippen LogP contribution in [0.15, 0.2) is 23.1 Å². The maximum absolute atomic E-state index is 13.9. The van der Waals surface area contributed by atoms with Gasteiger partial charge in [-0.3, -0.25) is 4.79 Å². The van der Waals surface area contributed by atoms with Crippen molar-refractivity contribution in [3.05, 3.63) is 29.6 Å². The molecule has 3 nitrogen and oxygen atoms in total. The van der Waals surface area contributed by atoms with Crippen molar-refractivity contribution in [2.24, 2.45) is 0 Å². The molecule has 1 aromatic rings. The Kier molecular flexibility index (Phi) is 6.49. The van der Waals surface area contributed by atoms with Gasteiger partial charge < -0.3 is 10.1 Å². The van der Waals surface area contributed by atoms with Crippen molar-refractivity contribution in [2.75, 3.05) is 12.4 Å². The summed E-state index contributed by atoms with van der Waals surface area (Å²) in [5.74, 6) is -0.341. The standard InChI is InChI=1S/C15H22FNO2S/c1-5-19-14(18)10-20-13-8-6-7-12(16)11(13)9-17-15(2,3)4/h6-8,17H,5,9-10H2,1-4H3. The summed E-state index contributed by atoms with van der Waals surface area (Å²) in [4.78, 5) is 12.2. The fraction of sp³-hybridized carbons (Fsp3) is 0.533. The number of hydrogen-bond acceptors (Lipinski definition) is 4. The summed E-state index contributed by atoms with van der Waals surface area (Å²) in [5, 5.41) is 3.26. The average Bonchev–Trinajstić information content (AvgIpc) is 2.34. The van der Waals surface area contributed by atoms with Gasteiger partial charge in [0.25, 0.3) is 0 Å². The number of hydrogen-bond donors (Lipinski definition) is 1. The highest BCUT2D eigenvalue weighted by molar-refractivity contribution is 8.00. The third kappa shape index (κ3) is 5.92. The number of ether oxygens (including phenoxy) is 1. The zero-order chi connectivity index (χ0) is 15.2. The van der Waals surface area contributed by atoms with E-state index >= 15 is 0 Å². The van der Waals surface area contributed by atoms with Crippen LogP contribution in [0.2, 0.25) is 0 Å². The smallest absolute Gasteiger partial charge is 0.316 e. The molecule has 0 atom stereocenters. The molecule has 0 fully saturated rings. The first-order valence-electron chi connectivity index (χ1n) is 6.64. The molecule has 0 aliphatic heterocycles. The van der Waals surface area contributed by atoms with Gasteiger partial charge in [0.05, 0.1) is 12.4 Å². The highest BCUT2D eigenvalue weighted by Crippen LogP contribution is 2.25. The molecular weight excluding hydrogens is 277 g/mol. The molecule has 0 aliphatic rings. The minimum atomic E-state index is -0.281. The Balaban J connectivity index is 2.75. The number of thioether (sulfide) groups is 1. The van der Waals surface area contributed by atoms with Crippen molar-refractivity contribution < 1.29 is 13.9 Å². The van der Waals surface area contributed by atoms with Crippen LogP contribution in [0.5, 0.6) is 0 Å². The normalized spacial score (nSPS) is 11.4. The van der Waals surface area contributed by atoms with Gasteiger partial charge in [-0.2, -0.15) is 0 Å². The van der Waals surface area contributed by atoms with E-state index in [1.165, 1.54) is 17.8 Å². The summed E-state index contributed by atoms with van der Waals surface area (Å²) in [6.45, 7) is 8.64. The van der Waals surface area contributed by atoms with Gasteiger partial charge in [0.15, 0.2) is 0 Å². The molecule has 20 heavy (non-hydrogen) atoms. The molecule has 5 heteroatoms. The largest absolute Gasteiger partial charge is 0.465 e. The molecular formula is C15H22FNO2S. The third-order valence-electron chi connectivity index (χ3n) is 2.52. The van der Waals surface area contributed by atoms with Crippen molar-refractivity contribution in [1.82, 2.24) is 5.32 Å². The van der Waals surface area contributed by atoms with Crippen LogP contribution in [0.3, 0.4) is 0 Å². The van der Waals surface area contributed by atoms with Crippen LogP contribution in [-0.2, 0) is 16.1 Å². The predicted octanol–water partition coefficient (Wildman–Crippen LogP) is 3.37. The average molecular weight is 299 g/mol. The monoisotopic (exact) mass is 299 g/mol. The van der Waals surface area contributed by atoms with Gasteiger partial charge in [0, 0.05) is 22.5 Å². The van der Waals surface area contributed by atoms with E-state index in [9.17, 15) is 9.18 Å². The summed E-state index contributed by atoms with van der Waals surface area (Å²) in [5.41, 5.74) is 0.502. The minimum Gasteiger partial charge on any atom is -0.465 e. The first-order valence-corrected chi connectivity index (χ1v) is 7.63. The first kappa shape index (κ1) is 17.0. The van der Waals surface area contributed by atoms with Crippen LogP contribution >= 0.6 is 11.8 Å². The van der Waals surface area contributed by atoms with Gasteiger partial charge in [-0.15, -0.1) is 11.8 Å². The lowest BCUT2D eigenvalue weighted by Crippen LogP contribution is -2.35. The SMILES string of the molecule is CCOC(=O)CSc1cccc(F)c1CNC(C)(C)C. The van der Waals surface area contributed by atoms with Crippen LogP contribution < -0.4 is 5.32 Å². The third-order valence-corrected chi connectivity index (χ3v) is 3.60. The maximum atomic E-state index is 13.9. The molecule has 0 radical (unpaired) electrons. The molecule has 0 bridgehead atoms. The Bertz CT molecular complexity index is 458. The second-order valence-corrected chi connectivity index (χ2v) is 6.43. The molecule has 112 valence electrons. The lowest BCUT2D eigenvalue weighted by atomic mass is 10.1. The van der Waals surface area contributed by atoms with Gasteiger partial charge >= 0.3 is 5.97 Å². The van der Waals surface area contributed by atoms with E-state index in [4.69, 9.17) is 4.74 Å². The van der Waals surface area contributed by atoms with Crippen LogP contribution in [0.1, 0.15) is 33.3 Å². The second kappa shape index (κ2) is 7.64. The Morgan fingerprint density at radius 3 is 2.70 bits per heavy atom. The molecule has 0 aromatic heterocycles. The van der Waals surface area contributed by atoms with Crippen molar-refractivity contribution in [2.45, 2.75) is 44.7 Å². The second-order valence-electron chi connectivity index (χ2n) is 5.41. The van der Waals surface area contributed by atoms with Crippen LogP contribution in [0.25, 0.3) is 0 Å². The van der Waals surface area contributed by atoms with Gasteiger partial charge in [0.1, 0.15) is 5.82 Å². The summed E-state index contributed by atoms with van der Waals surface area (Å²) < 4.78 is 18.8. The number of esters is 1. The summed E-state index contributed by atoms with van der Waals surface area (Å²) >= 11 is 1.31. The van der Waals surface area contributed by atoms with Crippen LogP contribution in [0.4, 0.5) is 4.39 Å². The number of halogens is 1. The molecule has 0 amide bonds. The molecule has 0 heterocycles. The number of benzene rings is 1. The summed E-state index contributed by atoms with van der Waals surface area (Å²) in [7, 11) is 0. The fourth-order valence-corrected chi connectivity index (χ4v) is 2.41. The molecule has 0 saturated heterocycles. The summed E-state index contributed by atoms with van der Waals surface area (Å²) in [6.07, 6.45) is 0. The fourth-order valence-electron chi connectivity index (χ4n) is 1.54. The minimum absolute atomic E-state index is 0.0919. The van der Waals surface area contributed by atoms with E-state index in [0.29, 0.717) is 18.7 Å². The van der Waals surface area contributed by atoms with E-state index in [2.05, 4.69) is 5.32 Å². The Morgan fingerprint density at radius 1 is 1.40 bits per heavy atom. The van der Waals surface area contributed by atoms with Crippen molar-refractivity contribution in [1.29, 1.82) is 0 Å². The Hall–Kier alpha value is -1.07. The van der Waals surface area contributed by atoms with E-state index in [1.54, 1.807) is 13.0 Å². The molecule has 0 unspecified atom stereocenters. The molecule has 0 saturated carbocycles. The van der Waals surface area contributed by atoms with Crippen molar-refractivity contribution in [3.8, 4) is 0 Å². The van der Waals surface area contributed by atoms with Gasteiger partial charge in [0.2, 0.25) is 0 Å². The number of rotatable bonds is 6. The van der Waals surface area contributed by atoms with Gasteiger partial charge in [-0.25, -0.2) is 4.39 Å². The van der Waals surface area contributed by atoms with Crippen molar-refractivity contribution >= 4 is 17.7 Å². The van der Waals surface area contributed by atoms with E-state index < -0.39 is 0 Å². The zero-order valence-electron chi connectivity index (χ0n) is 12.5. The lowest BCUT2D eigenvalue weighted by molar-refractivity contribution is -0.139. The molecule has 0 spiro atoms. The van der Waals surface area contributed by atoms with Crippen LogP contribution in [0, 0.1) is 5.82 Å². The molecule has 1 rings (SSSR count). The topological polar surface area (TPSA) is 38.3 Å². The Labute approximate surface area is 124 Å². The van der Waals surface area contributed by atoms with E-state index in [1.807, 2.05) is 26.8 Å². The van der Waals surface area contributed by atoms with E-state index in [-0.39, 0.29) is 23.1 Å². The van der Waals surface area contributed by atoms with E-state index in [0.717, 1.165) is 4.90 Å². The predicted molar refractivity (Wildman–Crippen MR) is 80.3 cm³/mol. The zero-order valence-corrected chi connectivity index (χ0v) is 13.3. The Morgan fingerprint density at radius 2 is 2.10 bits per heavy atom. The molecule has 1 N–H and O–H groups in total. The number of carbonyl (C=O) groups is 1. The van der Waals surface area contributed by atoms with Crippen LogP contribution in [-0.4, -0.2) is 23.9 Å². The van der Waals surface area contributed by atoms with Crippen molar-refractivity contribution in [3.63, 3.8) is 0 Å². The first-order chi connectivity index (χ1) is 9.33.